The Morgan fingerprint density at radius 1 is 1.10 bits per heavy atom. The van der Waals surface area contributed by atoms with Crippen molar-refractivity contribution in [2.24, 2.45) is 0 Å². The number of rotatable bonds is 3. The van der Waals surface area contributed by atoms with E-state index in [2.05, 4.69) is 0 Å². The van der Waals surface area contributed by atoms with Crippen molar-refractivity contribution in [2.45, 2.75) is 39.7 Å². The van der Waals surface area contributed by atoms with Gasteiger partial charge in [0.15, 0.2) is 0 Å². The van der Waals surface area contributed by atoms with Crippen molar-refractivity contribution in [3.8, 4) is 16.9 Å². The second-order valence-corrected chi connectivity index (χ2v) is 7.49. The molecule has 1 aliphatic heterocycles. The van der Waals surface area contributed by atoms with Crippen LogP contribution in [0.15, 0.2) is 51.7 Å². The summed E-state index contributed by atoms with van der Waals surface area (Å²) in [6.07, 6.45) is 1.48. The highest BCUT2D eigenvalue weighted by molar-refractivity contribution is 6.33. The standard InChI is InChI=1S/C22H19ClFNO4.C2H6/c1-13(26)25-8-6-15(7-9-25)28-16-3-5-18-19(12-22(27)29-21(18)11-16)17-4-2-14(24)10-20(17)23;1-2/h2-5,10-12,15H,6-9H2,1H3;1-2H3. The SMILES string of the molecule is CC.CC(=O)N1CCC(Oc2ccc3c(-c4ccc(F)cc4Cl)cc(=O)oc3c2)CC1. The van der Waals surface area contributed by atoms with E-state index in [0.717, 1.165) is 12.8 Å². The molecule has 4 rings (SSSR count). The number of benzene rings is 2. The number of hydrogen-bond donors (Lipinski definition) is 0. The van der Waals surface area contributed by atoms with Gasteiger partial charge in [0.25, 0.3) is 0 Å². The summed E-state index contributed by atoms with van der Waals surface area (Å²) < 4.78 is 24.8. The number of piperidine rings is 1. The summed E-state index contributed by atoms with van der Waals surface area (Å²) in [6.45, 7) is 6.89. The van der Waals surface area contributed by atoms with E-state index in [-0.39, 0.29) is 17.0 Å². The quantitative estimate of drug-likeness (QED) is 0.487. The molecule has 0 saturated carbocycles. The van der Waals surface area contributed by atoms with Crippen LogP contribution in [0.5, 0.6) is 5.75 Å². The molecule has 5 nitrogen and oxygen atoms in total. The molecule has 1 saturated heterocycles. The second kappa shape index (κ2) is 9.96. The molecule has 2 aromatic carbocycles. The topological polar surface area (TPSA) is 59.8 Å². The first-order valence-electron chi connectivity index (χ1n) is 10.4. The van der Waals surface area contributed by atoms with Crippen LogP contribution in [0.3, 0.4) is 0 Å². The normalized spacial score (nSPS) is 14.2. The Morgan fingerprint density at radius 2 is 1.81 bits per heavy atom. The first-order chi connectivity index (χ1) is 14.9. The number of fused-ring (bicyclic) bond motifs is 1. The van der Waals surface area contributed by atoms with Crippen LogP contribution in [0.1, 0.15) is 33.6 Å². The van der Waals surface area contributed by atoms with Gasteiger partial charge in [-0.15, -0.1) is 0 Å². The number of amides is 1. The molecule has 7 heteroatoms. The molecular weight excluding hydrogens is 421 g/mol. The number of nitrogens with zero attached hydrogens (tertiary/aromatic N) is 1. The number of ether oxygens (including phenoxy) is 1. The fourth-order valence-corrected chi connectivity index (χ4v) is 3.90. The number of hydrogen-bond acceptors (Lipinski definition) is 4. The van der Waals surface area contributed by atoms with Gasteiger partial charge in [-0.3, -0.25) is 4.79 Å². The van der Waals surface area contributed by atoms with Crippen LogP contribution >= 0.6 is 11.6 Å². The maximum absolute atomic E-state index is 13.4. The minimum Gasteiger partial charge on any atom is -0.490 e. The number of halogens is 2. The van der Waals surface area contributed by atoms with E-state index in [4.69, 9.17) is 20.8 Å². The summed E-state index contributed by atoms with van der Waals surface area (Å²) in [5.41, 5.74) is 0.963. The van der Waals surface area contributed by atoms with Crippen molar-refractivity contribution >= 4 is 28.5 Å². The summed E-state index contributed by atoms with van der Waals surface area (Å²) in [5, 5.41) is 0.895. The fourth-order valence-electron chi connectivity index (χ4n) is 3.63. The zero-order valence-corrected chi connectivity index (χ0v) is 18.5. The Kier molecular flexibility index (Phi) is 7.33. The average molecular weight is 446 g/mol. The van der Waals surface area contributed by atoms with Crippen molar-refractivity contribution in [1.29, 1.82) is 0 Å². The molecule has 0 N–H and O–H groups in total. The third-order valence-corrected chi connectivity index (χ3v) is 5.44. The first-order valence-corrected chi connectivity index (χ1v) is 10.7. The molecule has 3 aromatic rings. The van der Waals surface area contributed by atoms with Gasteiger partial charge >= 0.3 is 5.63 Å². The molecule has 1 aliphatic rings. The van der Waals surface area contributed by atoms with Crippen molar-refractivity contribution in [2.75, 3.05) is 13.1 Å². The Hall–Kier alpha value is -2.86. The number of carbonyl (C=O) groups excluding carboxylic acids is 1. The van der Waals surface area contributed by atoms with Crippen LogP contribution in [0.2, 0.25) is 5.02 Å². The molecule has 1 fully saturated rings. The van der Waals surface area contributed by atoms with E-state index >= 15 is 0 Å². The number of carbonyl (C=O) groups is 1. The molecule has 0 radical (unpaired) electrons. The highest BCUT2D eigenvalue weighted by Crippen LogP contribution is 2.34. The maximum atomic E-state index is 13.4. The van der Waals surface area contributed by atoms with Gasteiger partial charge in [-0.05, 0) is 30.3 Å². The van der Waals surface area contributed by atoms with Crippen molar-refractivity contribution in [1.82, 2.24) is 4.90 Å². The molecule has 1 amide bonds. The Balaban J connectivity index is 0.00000132. The molecule has 0 bridgehead atoms. The third-order valence-electron chi connectivity index (χ3n) is 5.13. The predicted octanol–water partition coefficient (Wildman–Crippen LogP) is 5.67. The summed E-state index contributed by atoms with van der Waals surface area (Å²) in [6, 6.07) is 10.7. The third kappa shape index (κ3) is 5.25. The first kappa shape index (κ1) is 22.8. The van der Waals surface area contributed by atoms with Gasteiger partial charge in [-0.1, -0.05) is 25.4 Å². The van der Waals surface area contributed by atoms with Crippen LogP contribution in [-0.4, -0.2) is 30.0 Å². The van der Waals surface area contributed by atoms with Gasteiger partial charge < -0.3 is 14.1 Å². The Labute approximate surface area is 185 Å². The van der Waals surface area contributed by atoms with Gasteiger partial charge in [0.05, 0.1) is 5.02 Å². The summed E-state index contributed by atoms with van der Waals surface area (Å²) in [4.78, 5) is 25.3. The fraction of sp³-hybridized carbons (Fsp3) is 0.333. The number of likely N-dealkylation sites (tertiary alicyclic amines) is 1. The molecule has 164 valence electrons. The lowest BCUT2D eigenvalue weighted by molar-refractivity contribution is -0.130. The van der Waals surface area contributed by atoms with E-state index < -0.39 is 11.4 Å². The largest absolute Gasteiger partial charge is 0.490 e. The minimum atomic E-state index is -0.528. The van der Waals surface area contributed by atoms with Gasteiger partial charge in [-0.25, -0.2) is 9.18 Å². The summed E-state index contributed by atoms with van der Waals surface area (Å²) in [5.74, 6) is 0.213. The van der Waals surface area contributed by atoms with Crippen LogP contribution in [-0.2, 0) is 4.79 Å². The zero-order valence-electron chi connectivity index (χ0n) is 17.8. The van der Waals surface area contributed by atoms with Gasteiger partial charge in [0.1, 0.15) is 23.3 Å². The van der Waals surface area contributed by atoms with Gasteiger partial charge in [-0.2, -0.15) is 0 Å². The molecule has 0 unspecified atom stereocenters. The minimum absolute atomic E-state index is 0.00972. The van der Waals surface area contributed by atoms with Crippen molar-refractivity contribution in [3.05, 3.63) is 63.7 Å². The second-order valence-electron chi connectivity index (χ2n) is 7.08. The van der Waals surface area contributed by atoms with E-state index in [1.807, 2.05) is 13.8 Å². The predicted molar refractivity (Wildman–Crippen MR) is 120 cm³/mol. The molecule has 31 heavy (non-hydrogen) atoms. The Morgan fingerprint density at radius 3 is 2.45 bits per heavy atom. The van der Waals surface area contributed by atoms with Gasteiger partial charge in [0.2, 0.25) is 5.91 Å². The van der Waals surface area contributed by atoms with E-state index in [1.165, 1.54) is 18.2 Å². The molecule has 0 spiro atoms. The van der Waals surface area contributed by atoms with Gasteiger partial charge in [0, 0.05) is 61.5 Å². The average Bonchev–Trinajstić information content (AvgIpc) is 2.75. The molecule has 2 heterocycles. The Bertz CT molecular complexity index is 1140. The lowest BCUT2D eigenvalue weighted by Crippen LogP contribution is -2.40. The molecule has 0 aliphatic carbocycles. The highest BCUT2D eigenvalue weighted by atomic mass is 35.5. The van der Waals surface area contributed by atoms with Crippen LogP contribution in [0.4, 0.5) is 4.39 Å². The lowest BCUT2D eigenvalue weighted by atomic mass is 10.0. The maximum Gasteiger partial charge on any atom is 0.336 e. The molecule has 1 aromatic heterocycles. The summed E-state index contributed by atoms with van der Waals surface area (Å²) in [7, 11) is 0. The highest BCUT2D eigenvalue weighted by Gasteiger charge is 2.22. The van der Waals surface area contributed by atoms with E-state index in [9.17, 15) is 14.0 Å². The van der Waals surface area contributed by atoms with Crippen molar-refractivity contribution < 1.29 is 18.3 Å². The smallest absolute Gasteiger partial charge is 0.336 e. The monoisotopic (exact) mass is 445 g/mol. The summed E-state index contributed by atoms with van der Waals surface area (Å²) >= 11 is 6.19. The molecule has 0 atom stereocenters. The zero-order chi connectivity index (χ0) is 22.5. The van der Waals surface area contributed by atoms with Crippen molar-refractivity contribution in [3.63, 3.8) is 0 Å². The van der Waals surface area contributed by atoms with Crippen LogP contribution in [0.25, 0.3) is 22.1 Å². The lowest BCUT2D eigenvalue weighted by Gasteiger charge is -2.31. The van der Waals surface area contributed by atoms with E-state index in [1.54, 1.807) is 36.1 Å². The van der Waals surface area contributed by atoms with Crippen LogP contribution in [0, 0.1) is 5.82 Å². The van der Waals surface area contributed by atoms with Crippen LogP contribution < -0.4 is 10.4 Å². The van der Waals surface area contributed by atoms with E-state index in [0.29, 0.717) is 40.9 Å². The molecular formula is C24H25ClFNO4.